The zero-order valence-electron chi connectivity index (χ0n) is 11.2. The third-order valence-corrected chi connectivity index (χ3v) is 3.51. The van der Waals surface area contributed by atoms with Crippen molar-refractivity contribution in [2.24, 2.45) is 0 Å². The lowest BCUT2D eigenvalue weighted by Gasteiger charge is -2.28. The van der Waals surface area contributed by atoms with Gasteiger partial charge in [0.15, 0.2) is 0 Å². The van der Waals surface area contributed by atoms with Crippen LogP contribution in [0.1, 0.15) is 49.6 Å². The lowest BCUT2D eigenvalue weighted by molar-refractivity contribution is 0.0657. The average Bonchev–Trinajstić information content (AvgIpc) is 2.88. The Bertz CT molecular complexity index is 577. The standard InChI is InChI=1S/C15H18N2O2/c1-10(2)17-9-11(8-16-17)15-7-13(18)12-5-3-4-6-14(12)19-15/h3-6,8-10,13,15,18H,7H2,1-2H3/t13-,15?/m1/s1. The second kappa shape index (κ2) is 4.70. The number of aliphatic hydroxyl groups is 1. The van der Waals surface area contributed by atoms with E-state index in [2.05, 4.69) is 18.9 Å². The summed E-state index contributed by atoms with van der Waals surface area (Å²) < 4.78 is 7.88. The summed E-state index contributed by atoms with van der Waals surface area (Å²) in [5.74, 6) is 0.767. The number of hydrogen-bond donors (Lipinski definition) is 1. The van der Waals surface area contributed by atoms with E-state index in [4.69, 9.17) is 4.74 Å². The molecule has 1 unspecified atom stereocenters. The fraction of sp³-hybridized carbons (Fsp3) is 0.400. The molecule has 0 bridgehead atoms. The lowest BCUT2D eigenvalue weighted by atomic mass is 9.96. The molecule has 0 saturated carbocycles. The van der Waals surface area contributed by atoms with Crippen LogP contribution in [0.5, 0.6) is 5.75 Å². The van der Waals surface area contributed by atoms with E-state index < -0.39 is 6.10 Å². The molecule has 100 valence electrons. The first-order valence-electron chi connectivity index (χ1n) is 6.63. The molecule has 2 heterocycles. The van der Waals surface area contributed by atoms with Crippen LogP contribution in [0.15, 0.2) is 36.7 Å². The number of para-hydroxylation sites is 1. The zero-order chi connectivity index (χ0) is 13.4. The highest BCUT2D eigenvalue weighted by molar-refractivity contribution is 5.37. The van der Waals surface area contributed by atoms with E-state index in [1.807, 2.05) is 41.3 Å². The van der Waals surface area contributed by atoms with Gasteiger partial charge in [-0.05, 0) is 19.9 Å². The van der Waals surface area contributed by atoms with Crippen LogP contribution in [-0.4, -0.2) is 14.9 Å². The monoisotopic (exact) mass is 258 g/mol. The van der Waals surface area contributed by atoms with Gasteiger partial charge in [0.25, 0.3) is 0 Å². The minimum absolute atomic E-state index is 0.127. The average molecular weight is 258 g/mol. The molecule has 1 N–H and O–H groups in total. The fourth-order valence-electron chi connectivity index (χ4n) is 2.40. The van der Waals surface area contributed by atoms with Gasteiger partial charge in [0.2, 0.25) is 0 Å². The van der Waals surface area contributed by atoms with E-state index in [1.54, 1.807) is 0 Å². The van der Waals surface area contributed by atoms with E-state index in [-0.39, 0.29) is 6.10 Å². The van der Waals surface area contributed by atoms with Gasteiger partial charge in [0.05, 0.1) is 12.3 Å². The third kappa shape index (κ3) is 2.24. The number of aromatic nitrogens is 2. The Balaban J connectivity index is 1.88. The van der Waals surface area contributed by atoms with E-state index in [0.29, 0.717) is 12.5 Å². The highest BCUT2D eigenvalue weighted by atomic mass is 16.5. The van der Waals surface area contributed by atoms with E-state index in [9.17, 15) is 5.11 Å². The maximum atomic E-state index is 10.2. The van der Waals surface area contributed by atoms with Crippen molar-refractivity contribution in [3.8, 4) is 5.75 Å². The van der Waals surface area contributed by atoms with Crippen molar-refractivity contribution in [1.82, 2.24) is 9.78 Å². The second-order valence-corrected chi connectivity index (χ2v) is 5.24. The van der Waals surface area contributed by atoms with Crippen molar-refractivity contribution >= 4 is 0 Å². The molecule has 4 heteroatoms. The maximum absolute atomic E-state index is 10.2. The van der Waals surface area contributed by atoms with Crippen molar-refractivity contribution in [3.05, 3.63) is 47.8 Å². The van der Waals surface area contributed by atoms with Crippen LogP contribution in [-0.2, 0) is 0 Å². The maximum Gasteiger partial charge on any atom is 0.130 e. The molecular weight excluding hydrogens is 240 g/mol. The minimum Gasteiger partial charge on any atom is -0.485 e. The molecule has 4 nitrogen and oxygen atoms in total. The van der Waals surface area contributed by atoms with Gasteiger partial charge in [0.1, 0.15) is 11.9 Å². The molecule has 3 rings (SSSR count). The Morgan fingerprint density at radius 3 is 2.89 bits per heavy atom. The van der Waals surface area contributed by atoms with E-state index >= 15 is 0 Å². The zero-order valence-corrected chi connectivity index (χ0v) is 11.2. The number of ether oxygens (including phenoxy) is 1. The first kappa shape index (κ1) is 12.2. The highest BCUT2D eigenvalue weighted by Crippen LogP contribution is 2.40. The molecule has 2 atom stereocenters. The summed E-state index contributed by atoms with van der Waals surface area (Å²) in [6.07, 6.45) is 3.79. The first-order chi connectivity index (χ1) is 9.15. The van der Waals surface area contributed by atoms with E-state index in [1.165, 1.54) is 0 Å². The number of aliphatic hydroxyl groups excluding tert-OH is 1. The Hall–Kier alpha value is -1.81. The molecular formula is C15H18N2O2. The largest absolute Gasteiger partial charge is 0.485 e. The summed E-state index contributed by atoms with van der Waals surface area (Å²) in [4.78, 5) is 0. The quantitative estimate of drug-likeness (QED) is 0.900. The Kier molecular flexibility index (Phi) is 3.03. The molecule has 0 fully saturated rings. The molecule has 0 saturated heterocycles. The normalized spacial score (nSPS) is 22.1. The van der Waals surface area contributed by atoms with Gasteiger partial charge in [-0.25, -0.2) is 0 Å². The van der Waals surface area contributed by atoms with E-state index in [0.717, 1.165) is 16.9 Å². The summed E-state index contributed by atoms with van der Waals surface area (Å²) >= 11 is 0. The smallest absolute Gasteiger partial charge is 0.130 e. The van der Waals surface area contributed by atoms with Crippen LogP contribution < -0.4 is 4.74 Å². The lowest BCUT2D eigenvalue weighted by Crippen LogP contribution is -2.18. The predicted octanol–water partition coefficient (Wildman–Crippen LogP) is 3.02. The molecule has 19 heavy (non-hydrogen) atoms. The van der Waals surface area contributed by atoms with Crippen LogP contribution >= 0.6 is 0 Å². The van der Waals surface area contributed by atoms with Gasteiger partial charge in [0, 0.05) is 29.8 Å². The molecule has 1 aliphatic rings. The van der Waals surface area contributed by atoms with Crippen molar-refractivity contribution in [2.75, 3.05) is 0 Å². The van der Waals surface area contributed by atoms with Gasteiger partial charge < -0.3 is 9.84 Å². The van der Waals surface area contributed by atoms with Crippen LogP contribution in [0.4, 0.5) is 0 Å². The number of hydrogen-bond acceptors (Lipinski definition) is 3. The van der Waals surface area contributed by atoms with Gasteiger partial charge in [-0.2, -0.15) is 5.10 Å². The summed E-state index contributed by atoms with van der Waals surface area (Å²) in [5.41, 5.74) is 1.89. The van der Waals surface area contributed by atoms with Gasteiger partial charge >= 0.3 is 0 Å². The minimum atomic E-state index is -0.475. The van der Waals surface area contributed by atoms with Crippen molar-refractivity contribution in [2.45, 2.75) is 38.5 Å². The van der Waals surface area contributed by atoms with Crippen molar-refractivity contribution < 1.29 is 9.84 Å². The Morgan fingerprint density at radius 1 is 1.37 bits per heavy atom. The molecule has 0 aliphatic carbocycles. The van der Waals surface area contributed by atoms with Crippen LogP contribution in [0.2, 0.25) is 0 Å². The van der Waals surface area contributed by atoms with Crippen LogP contribution in [0.3, 0.4) is 0 Å². The van der Waals surface area contributed by atoms with Crippen LogP contribution in [0.25, 0.3) is 0 Å². The third-order valence-electron chi connectivity index (χ3n) is 3.51. The molecule has 0 spiro atoms. The Labute approximate surface area is 112 Å². The van der Waals surface area contributed by atoms with Crippen molar-refractivity contribution in [3.63, 3.8) is 0 Å². The Morgan fingerprint density at radius 2 is 2.16 bits per heavy atom. The van der Waals surface area contributed by atoms with Crippen molar-refractivity contribution in [1.29, 1.82) is 0 Å². The molecule has 1 aliphatic heterocycles. The summed E-state index contributed by atoms with van der Waals surface area (Å²) in [5, 5.41) is 14.5. The predicted molar refractivity (Wildman–Crippen MR) is 72.0 cm³/mol. The van der Waals surface area contributed by atoms with Crippen LogP contribution in [0, 0.1) is 0 Å². The summed E-state index contributed by atoms with van der Waals surface area (Å²) in [6, 6.07) is 7.98. The highest BCUT2D eigenvalue weighted by Gasteiger charge is 2.28. The number of fused-ring (bicyclic) bond motifs is 1. The fourth-order valence-corrected chi connectivity index (χ4v) is 2.40. The van der Waals surface area contributed by atoms with Gasteiger partial charge in [-0.1, -0.05) is 18.2 Å². The molecule has 1 aromatic carbocycles. The number of benzene rings is 1. The van der Waals surface area contributed by atoms with Gasteiger partial charge in [-0.15, -0.1) is 0 Å². The summed E-state index contributed by atoms with van der Waals surface area (Å²) in [7, 11) is 0. The topological polar surface area (TPSA) is 47.3 Å². The molecule has 1 aromatic heterocycles. The SMILES string of the molecule is CC(C)n1cc(C2C[C@@H](O)c3ccccc3O2)cn1. The molecule has 0 amide bonds. The number of rotatable bonds is 2. The molecule has 2 aromatic rings. The first-order valence-corrected chi connectivity index (χ1v) is 6.63. The summed E-state index contributed by atoms with van der Waals surface area (Å²) in [6.45, 7) is 4.17. The second-order valence-electron chi connectivity index (χ2n) is 5.24. The number of nitrogens with zero attached hydrogens (tertiary/aromatic N) is 2. The molecule has 0 radical (unpaired) electrons. The van der Waals surface area contributed by atoms with Gasteiger partial charge in [-0.3, -0.25) is 4.68 Å².